The molecule has 0 saturated carbocycles. The zero-order valence-electron chi connectivity index (χ0n) is 12.3. The second-order valence-corrected chi connectivity index (χ2v) is 6.69. The molecule has 0 saturated heterocycles. The highest BCUT2D eigenvalue weighted by molar-refractivity contribution is 8.00. The molecule has 5 nitrogen and oxygen atoms in total. The van der Waals surface area contributed by atoms with Crippen LogP contribution in [0.2, 0.25) is 5.02 Å². The molecule has 2 heterocycles. The minimum atomic E-state index is -0.360. The molecule has 0 fully saturated rings. The first-order valence-corrected chi connectivity index (χ1v) is 7.95. The Morgan fingerprint density at radius 3 is 2.86 bits per heavy atom. The van der Waals surface area contributed by atoms with Gasteiger partial charge in [0.1, 0.15) is 5.25 Å². The first-order valence-electron chi connectivity index (χ1n) is 6.69. The molecule has 0 spiro atoms. The first kappa shape index (κ1) is 15.1. The number of nitrogens with zero attached hydrogens (tertiary/aromatic N) is 3. The highest BCUT2D eigenvalue weighted by Gasteiger charge is 2.19. The van der Waals surface area contributed by atoms with E-state index < -0.39 is 0 Å². The molecule has 0 aliphatic carbocycles. The van der Waals surface area contributed by atoms with Crippen molar-refractivity contribution in [2.75, 3.05) is 7.11 Å². The lowest BCUT2D eigenvalue weighted by Gasteiger charge is -2.10. The van der Waals surface area contributed by atoms with Gasteiger partial charge in [-0.3, -0.25) is 9.20 Å². The number of benzene rings is 1. The van der Waals surface area contributed by atoms with E-state index in [0.717, 1.165) is 22.1 Å². The molecule has 0 radical (unpaired) electrons. The molecule has 0 aliphatic rings. The fourth-order valence-electron chi connectivity index (χ4n) is 2.34. The van der Waals surface area contributed by atoms with Crippen molar-refractivity contribution in [3.05, 3.63) is 34.9 Å². The minimum Gasteiger partial charge on any atom is -0.468 e. The van der Waals surface area contributed by atoms with Gasteiger partial charge in [0, 0.05) is 10.4 Å². The van der Waals surface area contributed by atoms with Gasteiger partial charge in [0.05, 0.1) is 12.6 Å². The van der Waals surface area contributed by atoms with Crippen LogP contribution in [0.15, 0.2) is 29.4 Å². The largest absolute Gasteiger partial charge is 0.468 e. The van der Waals surface area contributed by atoms with E-state index in [1.165, 1.54) is 18.9 Å². The molecule has 3 aromatic rings. The van der Waals surface area contributed by atoms with Gasteiger partial charge in [-0.1, -0.05) is 23.4 Å². The van der Waals surface area contributed by atoms with E-state index in [1.807, 2.05) is 35.6 Å². The zero-order valence-corrected chi connectivity index (χ0v) is 13.9. The van der Waals surface area contributed by atoms with Gasteiger partial charge in [0.2, 0.25) is 0 Å². The lowest BCUT2D eigenvalue weighted by atomic mass is 10.1. The van der Waals surface area contributed by atoms with Crippen molar-refractivity contribution in [3.63, 3.8) is 0 Å². The van der Waals surface area contributed by atoms with Crippen LogP contribution in [-0.4, -0.2) is 32.9 Å². The Morgan fingerprint density at radius 1 is 1.36 bits per heavy atom. The number of pyridine rings is 1. The van der Waals surface area contributed by atoms with Gasteiger partial charge in [-0.25, -0.2) is 0 Å². The fourth-order valence-corrected chi connectivity index (χ4v) is 3.41. The van der Waals surface area contributed by atoms with Crippen molar-refractivity contribution in [1.29, 1.82) is 0 Å². The summed E-state index contributed by atoms with van der Waals surface area (Å²) in [7, 11) is 1.38. The van der Waals surface area contributed by atoms with Gasteiger partial charge in [-0.15, -0.1) is 10.2 Å². The maximum atomic E-state index is 11.6. The van der Waals surface area contributed by atoms with E-state index in [-0.39, 0.29) is 11.2 Å². The first-order chi connectivity index (χ1) is 10.5. The van der Waals surface area contributed by atoms with Gasteiger partial charge >= 0.3 is 5.97 Å². The van der Waals surface area contributed by atoms with Crippen LogP contribution in [0.4, 0.5) is 0 Å². The zero-order chi connectivity index (χ0) is 15.9. The number of hydrogen-bond acceptors (Lipinski definition) is 5. The molecular weight excluding hydrogens is 322 g/mol. The fraction of sp³-hybridized carbons (Fsp3) is 0.267. The Morgan fingerprint density at radius 2 is 2.14 bits per heavy atom. The summed E-state index contributed by atoms with van der Waals surface area (Å²) in [6, 6.07) is 7.65. The van der Waals surface area contributed by atoms with Gasteiger partial charge in [-0.2, -0.15) is 0 Å². The summed E-state index contributed by atoms with van der Waals surface area (Å²) >= 11 is 7.41. The number of aromatic nitrogens is 3. The number of halogens is 1. The summed E-state index contributed by atoms with van der Waals surface area (Å²) in [5.41, 5.74) is 2.78. The van der Waals surface area contributed by atoms with Crippen LogP contribution in [0.3, 0.4) is 0 Å². The number of carbonyl (C=O) groups excluding carboxylic acids is 1. The van der Waals surface area contributed by atoms with Crippen molar-refractivity contribution < 1.29 is 9.53 Å². The molecule has 1 atom stereocenters. The maximum absolute atomic E-state index is 11.6. The van der Waals surface area contributed by atoms with Gasteiger partial charge < -0.3 is 4.74 Å². The van der Waals surface area contributed by atoms with Crippen LogP contribution in [0, 0.1) is 6.92 Å². The molecular formula is C15H14ClN3O2S. The summed E-state index contributed by atoms with van der Waals surface area (Å²) in [5, 5.41) is 10.4. The summed E-state index contributed by atoms with van der Waals surface area (Å²) < 4.78 is 6.69. The third kappa shape index (κ3) is 2.53. The highest BCUT2D eigenvalue weighted by Crippen LogP contribution is 2.29. The van der Waals surface area contributed by atoms with Crippen LogP contribution in [0.25, 0.3) is 16.6 Å². The van der Waals surface area contributed by atoms with E-state index in [1.54, 1.807) is 6.92 Å². The van der Waals surface area contributed by atoms with Crippen molar-refractivity contribution >= 4 is 45.9 Å². The molecule has 0 N–H and O–H groups in total. The summed E-state index contributed by atoms with van der Waals surface area (Å²) in [5.74, 6) is -0.291. The average molecular weight is 336 g/mol. The van der Waals surface area contributed by atoms with Crippen LogP contribution in [-0.2, 0) is 9.53 Å². The Labute approximate surface area is 136 Å². The SMILES string of the molecule is COC(=O)C(C)Sc1nnc2cc(C)c3cc(Cl)ccc3n12. The Hall–Kier alpha value is -1.79. The van der Waals surface area contributed by atoms with Gasteiger partial charge in [0.15, 0.2) is 10.8 Å². The topological polar surface area (TPSA) is 56.5 Å². The van der Waals surface area contributed by atoms with E-state index in [2.05, 4.69) is 10.2 Å². The highest BCUT2D eigenvalue weighted by atomic mass is 35.5. The van der Waals surface area contributed by atoms with Gasteiger partial charge in [-0.05, 0) is 43.7 Å². The molecule has 7 heteroatoms. The van der Waals surface area contributed by atoms with E-state index in [0.29, 0.717) is 10.2 Å². The van der Waals surface area contributed by atoms with E-state index >= 15 is 0 Å². The molecule has 22 heavy (non-hydrogen) atoms. The summed E-state index contributed by atoms with van der Waals surface area (Å²) in [6.45, 7) is 3.79. The molecule has 1 unspecified atom stereocenters. The van der Waals surface area contributed by atoms with Gasteiger partial charge in [0.25, 0.3) is 0 Å². The normalized spacial score (nSPS) is 12.7. The average Bonchev–Trinajstić information content (AvgIpc) is 2.89. The molecule has 0 amide bonds. The number of aryl methyl sites for hydroxylation is 1. The second kappa shape index (κ2) is 5.78. The van der Waals surface area contributed by atoms with E-state index in [9.17, 15) is 4.79 Å². The number of esters is 1. The quantitative estimate of drug-likeness (QED) is 0.541. The third-order valence-electron chi connectivity index (χ3n) is 3.44. The smallest absolute Gasteiger partial charge is 0.318 e. The third-order valence-corrected chi connectivity index (χ3v) is 4.70. The number of carbonyl (C=O) groups is 1. The van der Waals surface area contributed by atoms with Crippen molar-refractivity contribution in [1.82, 2.24) is 14.6 Å². The lowest BCUT2D eigenvalue weighted by molar-refractivity contribution is -0.139. The number of thioether (sulfide) groups is 1. The molecule has 114 valence electrons. The number of methoxy groups -OCH3 is 1. The van der Waals surface area contributed by atoms with Crippen LogP contribution in [0.1, 0.15) is 12.5 Å². The van der Waals surface area contributed by atoms with Crippen LogP contribution >= 0.6 is 23.4 Å². The predicted molar refractivity (Wildman–Crippen MR) is 87.6 cm³/mol. The molecule has 0 bridgehead atoms. The van der Waals surface area contributed by atoms with E-state index in [4.69, 9.17) is 16.3 Å². The summed E-state index contributed by atoms with van der Waals surface area (Å²) in [6.07, 6.45) is 0. The summed E-state index contributed by atoms with van der Waals surface area (Å²) in [4.78, 5) is 11.6. The minimum absolute atomic E-state index is 0.291. The number of ether oxygens (including phenoxy) is 1. The number of fused-ring (bicyclic) bond motifs is 3. The molecule has 3 rings (SSSR count). The van der Waals surface area contributed by atoms with Crippen LogP contribution < -0.4 is 0 Å². The maximum Gasteiger partial charge on any atom is 0.318 e. The molecule has 0 aliphatic heterocycles. The van der Waals surface area contributed by atoms with Crippen molar-refractivity contribution in [2.45, 2.75) is 24.3 Å². The van der Waals surface area contributed by atoms with Crippen molar-refractivity contribution in [2.24, 2.45) is 0 Å². The molecule has 1 aromatic carbocycles. The molecule has 2 aromatic heterocycles. The Balaban J connectivity index is 2.19. The second-order valence-electron chi connectivity index (χ2n) is 4.95. The number of rotatable bonds is 3. The standard InChI is InChI=1S/C15H14ClN3O2S/c1-8-6-13-17-18-15(22-9(2)14(20)21-3)19(13)12-5-4-10(16)7-11(8)12/h4-7,9H,1-3H3. The van der Waals surface area contributed by atoms with Crippen molar-refractivity contribution in [3.8, 4) is 0 Å². The van der Waals surface area contributed by atoms with Crippen LogP contribution in [0.5, 0.6) is 0 Å². The lowest BCUT2D eigenvalue weighted by Crippen LogP contribution is -2.15. The monoisotopic (exact) mass is 335 g/mol. The number of hydrogen-bond donors (Lipinski definition) is 0. The Kier molecular flexibility index (Phi) is 3.97. The predicted octanol–water partition coefficient (Wildman–Crippen LogP) is 3.50. The Bertz CT molecular complexity index is 878.